The highest BCUT2D eigenvalue weighted by Gasteiger charge is 2.42. The summed E-state index contributed by atoms with van der Waals surface area (Å²) in [6, 6.07) is 1.51. The number of furan rings is 1. The van der Waals surface area contributed by atoms with Crippen LogP contribution in [0, 0.1) is 16.7 Å². The minimum Gasteiger partial charge on any atom is -0.481 e. The minimum absolute atomic E-state index is 0.00935. The second-order valence-electron chi connectivity index (χ2n) is 8.05. The lowest BCUT2D eigenvalue weighted by molar-refractivity contribution is -0.137. The third-order valence-corrected chi connectivity index (χ3v) is 6.01. The largest absolute Gasteiger partial charge is 0.481 e. The van der Waals surface area contributed by atoms with Gasteiger partial charge in [-0.05, 0) is 68.4 Å². The Balaban J connectivity index is 1.74. The summed E-state index contributed by atoms with van der Waals surface area (Å²) in [5.74, 6) is -0.726. The predicted octanol–water partition coefficient (Wildman–Crippen LogP) is 3.91. The van der Waals surface area contributed by atoms with Crippen LogP contribution in [0.15, 0.2) is 28.2 Å². The highest BCUT2D eigenvalue weighted by Crippen LogP contribution is 2.40. The first-order valence-corrected chi connectivity index (χ1v) is 10.4. The van der Waals surface area contributed by atoms with Gasteiger partial charge in [0.15, 0.2) is 0 Å². The summed E-state index contributed by atoms with van der Waals surface area (Å²) in [5.41, 5.74) is 1.06. The molecule has 0 aromatic carbocycles. The van der Waals surface area contributed by atoms with Crippen LogP contribution in [0.25, 0.3) is 0 Å². The molecule has 1 aliphatic carbocycles. The van der Waals surface area contributed by atoms with E-state index in [0.29, 0.717) is 32.1 Å². The van der Waals surface area contributed by atoms with Crippen molar-refractivity contribution in [2.45, 2.75) is 88.9 Å². The van der Waals surface area contributed by atoms with Gasteiger partial charge >= 0.3 is 5.97 Å². The van der Waals surface area contributed by atoms with E-state index in [-0.39, 0.29) is 24.3 Å². The zero-order valence-electron chi connectivity index (χ0n) is 16.4. The maximum atomic E-state index is 11.2. The zero-order chi connectivity index (χ0) is 20.4. The predicted molar refractivity (Wildman–Crippen MR) is 105 cm³/mol. The highest BCUT2D eigenvalue weighted by atomic mass is 16.4. The number of hydrogen-bond donors (Lipinski definition) is 3. The number of nitrogens with zero attached hydrogens (tertiary/aromatic N) is 1. The molecule has 1 saturated carbocycles. The molecule has 0 bridgehead atoms. The number of aliphatic hydroxyl groups excluding tert-OH is 2. The molecule has 1 heterocycles. The molecule has 5 atom stereocenters. The average molecular weight is 395 g/mol. The monoisotopic (exact) mass is 395 g/mol. The number of nitroso groups, excluding NO2 is 1. The lowest BCUT2D eigenvalue weighted by Crippen LogP contribution is -2.23. The Morgan fingerprint density at radius 3 is 2.64 bits per heavy atom. The van der Waals surface area contributed by atoms with E-state index in [4.69, 9.17) is 9.52 Å². The van der Waals surface area contributed by atoms with Gasteiger partial charge in [-0.3, -0.25) is 4.79 Å². The fourth-order valence-electron chi connectivity index (χ4n) is 4.41. The molecule has 0 saturated heterocycles. The molecule has 1 aromatic heterocycles. The van der Waals surface area contributed by atoms with Gasteiger partial charge < -0.3 is 19.7 Å². The molecule has 0 amide bonds. The number of carboxylic acid groups (broad SMARTS) is 1. The molecule has 5 unspecified atom stereocenters. The Morgan fingerprint density at radius 2 is 1.96 bits per heavy atom. The van der Waals surface area contributed by atoms with E-state index in [9.17, 15) is 19.9 Å². The van der Waals surface area contributed by atoms with Gasteiger partial charge in [-0.1, -0.05) is 24.4 Å². The summed E-state index contributed by atoms with van der Waals surface area (Å²) in [7, 11) is 0. The van der Waals surface area contributed by atoms with E-state index in [0.717, 1.165) is 37.7 Å². The van der Waals surface area contributed by atoms with Crippen molar-refractivity contribution in [3.8, 4) is 0 Å². The molecule has 0 radical (unpaired) electrons. The molecular formula is C21H33NO6. The summed E-state index contributed by atoms with van der Waals surface area (Å²) in [6.07, 6.45) is 9.79. The molecule has 1 aliphatic rings. The quantitative estimate of drug-likeness (QED) is 0.324. The van der Waals surface area contributed by atoms with Crippen molar-refractivity contribution in [1.82, 2.24) is 0 Å². The molecule has 7 nitrogen and oxygen atoms in total. The summed E-state index contributed by atoms with van der Waals surface area (Å²) in [6.45, 7) is 0. The smallest absolute Gasteiger partial charge is 0.303 e. The number of aryl methyl sites for hydroxylation is 1. The second kappa shape index (κ2) is 12.0. The van der Waals surface area contributed by atoms with Crippen molar-refractivity contribution in [2.75, 3.05) is 0 Å². The lowest BCUT2D eigenvalue weighted by Gasteiger charge is -2.24. The van der Waals surface area contributed by atoms with Gasteiger partial charge in [0.1, 0.15) is 0 Å². The number of hydrogen-bond acceptors (Lipinski definition) is 6. The number of unbranched alkanes of at least 4 members (excludes halogenated alkanes) is 3. The van der Waals surface area contributed by atoms with Crippen LogP contribution in [0.3, 0.4) is 0 Å². The van der Waals surface area contributed by atoms with Crippen molar-refractivity contribution >= 4 is 5.97 Å². The number of aliphatic carboxylic acids is 1. The van der Waals surface area contributed by atoms with Crippen molar-refractivity contribution in [1.29, 1.82) is 0 Å². The van der Waals surface area contributed by atoms with E-state index in [1.807, 2.05) is 6.07 Å². The Labute approximate surface area is 166 Å². The standard InChI is InChI=1S/C21H33NO6/c23-16(8-7-15-11-12-28-14-15)9-10-17-18(20(24)13-19(17)22-27)5-3-1-2-4-6-21(25)26/h11-12,14,16-20,23-24H,1-10,13H2,(H,25,26). The molecule has 0 aliphatic heterocycles. The fraction of sp³-hybridized carbons (Fsp3) is 0.762. The van der Waals surface area contributed by atoms with Crippen molar-refractivity contribution in [3.05, 3.63) is 29.1 Å². The number of aliphatic hydroxyl groups is 2. The van der Waals surface area contributed by atoms with Crippen LogP contribution in [-0.4, -0.2) is 39.5 Å². The van der Waals surface area contributed by atoms with Gasteiger partial charge in [0.05, 0.1) is 30.8 Å². The average Bonchev–Trinajstić information content (AvgIpc) is 3.28. The van der Waals surface area contributed by atoms with Crippen LogP contribution in [0.2, 0.25) is 0 Å². The molecule has 2 rings (SSSR count). The third-order valence-electron chi connectivity index (χ3n) is 6.01. The van der Waals surface area contributed by atoms with Gasteiger partial charge in [-0.25, -0.2) is 0 Å². The van der Waals surface area contributed by atoms with Crippen molar-refractivity contribution < 1.29 is 24.5 Å². The third kappa shape index (κ3) is 7.36. The van der Waals surface area contributed by atoms with E-state index in [1.165, 1.54) is 0 Å². The molecular weight excluding hydrogens is 362 g/mol. The van der Waals surface area contributed by atoms with Gasteiger partial charge in [0.25, 0.3) is 0 Å². The molecule has 1 aromatic rings. The topological polar surface area (TPSA) is 120 Å². The van der Waals surface area contributed by atoms with Crippen LogP contribution in [0.4, 0.5) is 0 Å². The van der Waals surface area contributed by atoms with Gasteiger partial charge in [0.2, 0.25) is 0 Å². The minimum atomic E-state index is -0.766. The Morgan fingerprint density at radius 1 is 1.18 bits per heavy atom. The van der Waals surface area contributed by atoms with Gasteiger partial charge in [-0.15, -0.1) is 0 Å². The first kappa shape index (κ1) is 22.6. The Hall–Kier alpha value is -1.73. The van der Waals surface area contributed by atoms with E-state index in [1.54, 1.807) is 12.5 Å². The van der Waals surface area contributed by atoms with Crippen molar-refractivity contribution in [2.24, 2.45) is 17.0 Å². The summed E-state index contributed by atoms with van der Waals surface area (Å²) in [4.78, 5) is 21.8. The van der Waals surface area contributed by atoms with E-state index < -0.39 is 18.2 Å². The SMILES string of the molecule is O=NC1CC(O)C(CCCCCCC(=O)O)C1CCC(O)CCc1ccoc1. The maximum Gasteiger partial charge on any atom is 0.303 e. The van der Waals surface area contributed by atoms with Gasteiger partial charge in [0, 0.05) is 6.42 Å². The first-order valence-electron chi connectivity index (χ1n) is 10.4. The van der Waals surface area contributed by atoms with Crippen LogP contribution < -0.4 is 0 Å². The molecule has 7 heteroatoms. The van der Waals surface area contributed by atoms with Crippen molar-refractivity contribution in [3.63, 3.8) is 0 Å². The summed E-state index contributed by atoms with van der Waals surface area (Å²) in [5, 5.41) is 32.6. The molecule has 0 spiro atoms. The molecule has 1 fully saturated rings. The van der Waals surface area contributed by atoms with Crippen LogP contribution in [0.1, 0.15) is 69.8 Å². The first-order chi connectivity index (χ1) is 13.5. The maximum absolute atomic E-state index is 11.2. The zero-order valence-corrected chi connectivity index (χ0v) is 16.4. The Bertz CT molecular complexity index is 575. The second-order valence-corrected chi connectivity index (χ2v) is 8.05. The molecule has 3 N–H and O–H groups in total. The molecule has 28 heavy (non-hydrogen) atoms. The summed E-state index contributed by atoms with van der Waals surface area (Å²) >= 11 is 0. The van der Waals surface area contributed by atoms with Crippen LogP contribution in [-0.2, 0) is 11.2 Å². The van der Waals surface area contributed by atoms with Crippen LogP contribution in [0.5, 0.6) is 0 Å². The summed E-state index contributed by atoms with van der Waals surface area (Å²) < 4.78 is 5.03. The number of carbonyl (C=O) groups is 1. The van der Waals surface area contributed by atoms with E-state index in [2.05, 4.69) is 5.18 Å². The lowest BCUT2D eigenvalue weighted by atomic mass is 9.84. The highest BCUT2D eigenvalue weighted by molar-refractivity contribution is 5.66. The van der Waals surface area contributed by atoms with Gasteiger partial charge in [-0.2, -0.15) is 4.91 Å². The van der Waals surface area contributed by atoms with E-state index >= 15 is 0 Å². The fourth-order valence-corrected chi connectivity index (χ4v) is 4.41. The van der Waals surface area contributed by atoms with Crippen LogP contribution >= 0.6 is 0 Å². The Kier molecular flexibility index (Phi) is 9.64. The molecule has 158 valence electrons. The number of carboxylic acids is 1. The number of rotatable bonds is 14. The normalized spacial score (nSPS) is 25.6.